The van der Waals surface area contributed by atoms with Gasteiger partial charge < -0.3 is 19.1 Å². The van der Waals surface area contributed by atoms with E-state index in [0.717, 1.165) is 22.6 Å². The van der Waals surface area contributed by atoms with Crippen molar-refractivity contribution in [1.29, 1.82) is 0 Å². The fourth-order valence-electron chi connectivity index (χ4n) is 2.40. The van der Waals surface area contributed by atoms with E-state index in [1.54, 1.807) is 14.2 Å². The number of rotatable bonds is 8. The standard InChI is InChI=1S/C20H23NO4/c1-15(20(22)25-4)21(13-16-5-9-18(23-2)10-6-16)14-17-7-11-19(24-3)12-8-17/h5-12H,1,13-14H2,2-4H3. The third-order valence-corrected chi connectivity index (χ3v) is 3.87. The van der Waals surface area contributed by atoms with Crippen LogP contribution in [0, 0.1) is 0 Å². The summed E-state index contributed by atoms with van der Waals surface area (Å²) in [5.74, 6) is 1.14. The topological polar surface area (TPSA) is 48.0 Å². The largest absolute Gasteiger partial charge is 0.497 e. The van der Waals surface area contributed by atoms with Crippen molar-refractivity contribution in [3.05, 3.63) is 71.9 Å². The highest BCUT2D eigenvalue weighted by atomic mass is 16.5. The van der Waals surface area contributed by atoms with Gasteiger partial charge in [0, 0.05) is 13.1 Å². The quantitative estimate of drug-likeness (QED) is 0.544. The molecule has 0 bridgehead atoms. The number of carbonyl (C=O) groups is 1. The van der Waals surface area contributed by atoms with E-state index in [1.165, 1.54) is 7.11 Å². The molecule has 2 aromatic carbocycles. The number of benzene rings is 2. The SMILES string of the molecule is C=C(C(=O)OC)N(Cc1ccc(OC)cc1)Cc1ccc(OC)cc1. The van der Waals surface area contributed by atoms with Crippen LogP contribution in [0.5, 0.6) is 11.5 Å². The number of nitrogens with zero attached hydrogens (tertiary/aromatic N) is 1. The second-order valence-electron chi connectivity index (χ2n) is 5.49. The summed E-state index contributed by atoms with van der Waals surface area (Å²) < 4.78 is 15.2. The molecular formula is C20H23NO4. The Morgan fingerprint density at radius 3 is 1.56 bits per heavy atom. The summed E-state index contributed by atoms with van der Waals surface area (Å²) in [5, 5.41) is 0. The zero-order valence-corrected chi connectivity index (χ0v) is 14.8. The minimum absolute atomic E-state index is 0.314. The molecule has 0 unspecified atom stereocenters. The molecule has 0 aromatic heterocycles. The van der Waals surface area contributed by atoms with Crippen molar-refractivity contribution in [2.24, 2.45) is 0 Å². The first-order valence-corrected chi connectivity index (χ1v) is 7.85. The molecule has 0 radical (unpaired) electrons. The molecular weight excluding hydrogens is 318 g/mol. The molecule has 2 rings (SSSR count). The van der Waals surface area contributed by atoms with Gasteiger partial charge in [-0.1, -0.05) is 30.8 Å². The summed E-state index contributed by atoms with van der Waals surface area (Å²) in [7, 11) is 4.61. The number of hydrogen-bond acceptors (Lipinski definition) is 5. The lowest BCUT2D eigenvalue weighted by molar-refractivity contribution is -0.138. The molecule has 0 atom stereocenters. The third-order valence-electron chi connectivity index (χ3n) is 3.87. The van der Waals surface area contributed by atoms with Crippen LogP contribution in [0.4, 0.5) is 0 Å². The van der Waals surface area contributed by atoms with E-state index in [4.69, 9.17) is 14.2 Å². The van der Waals surface area contributed by atoms with Gasteiger partial charge in [0.25, 0.3) is 0 Å². The molecule has 0 saturated carbocycles. The van der Waals surface area contributed by atoms with Crippen LogP contribution in [0.25, 0.3) is 0 Å². The van der Waals surface area contributed by atoms with Gasteiger partial charge in [-0.2, -0.15) is 0 Å². The summed E-state index contributed by atoms with van der Waals surface area (Å²) >= 11 is 0. The molecule has 0 aliphatic carbocycles. The van der Waals surface area contributed by atoms with Gasteiger partial charge in [-0.25, -0.2) is 4.79 Å². The third kappa shape index (κ3) is 5.01. The predicted molar refractivity (Wildman–Crippen MR) is 96.4 cm³/mol. The number of carbonyl (C=O) groups excluding carboxylic acids is 1. The van der Waals surface area contributed by atoms with Gasteiger partial charge in [0.2, 0.25) is 0 Å². The Morgan fingerprint density at radius 1 is 0.840 bits per heavy atom. The highest BCUT2D eigenvalue weighted by Gasteiger charge is 2.17. The Bertz CT molecular complexity index is 658. The van der Waals surface area contributed by atoms with E-state index in [2.05, 4.69) is 6.58 Å². The zero-order chi connectivity index (χ0) is 18.2. The number of hydrogen-bond donors (Lipinski definition) is 0. The van der Waals surface area contributed by atoms with E-state index >= 15 is 0 Å². The van der Waals surface area contributed by atoms with E-state index in [9.17, 15) is 4.79 Å². The van der Waals surface area contributed by atoms with Crippen LogP contribution in [-0.4, -0.2) is 32.2 Å². The first-order chi connectivity index (χ1) is 12.1. The van der Waals surface area contributed by atoms with Gasteiger partial charge >= 0.3 is 5.97 Å². The lowest BCUT2D eigenvalue weighted by Crippen LogP contribution is -2.27. The van der Waals surface area contributed by atoms with Gasteiger partial charge in [0.1, 0.15) is 17.2 Å². The van der Waals surface area contributed by atoms with Gasteiger partial charge in [-0.3, -0.25) is 0 Å². The smallest absolute Gasteiger partial charge is 0.353 e. The molecule has 0 N–H and O–H groups in total. The lowest BCUT2D eigenvalue weighted by Gasteiger charge is -2.25. The molecule has 5 heteroatoms. The van der Waals surface area contributed by atoms with Crippen LogP contribution in [0.1, 0.15) is 11.1 Å². The predicted octanol–water partition coefficient (Wildman–Crippen LogP) is 3.39. The highest BCUT2D eigenvalue weighted by Crippen LogP contribution is 2.19. The van der Waals surface area contributed by atoms with Crippen molar-refractivity contribution in [2.45, 2.75) is 13.1 Å². The second-order valence-corrected chi connectivity index (χ2v) is 5.49. The summed E-state index contributed by atoms with van der Waals surface area (Å²) in [6, 6.07) is 15.4. The van der Waals surface area contributed by atoms with E-state index in [1.807, 2.05) is 53.4 Å². The fourth-order valence-corrected chi connectivity index (χ4v) is 2.40. The van der Waals surface area contributed by atoms with Crippen LogP contribution >= 0.6 is 0 Å². The monoisotopic (exact) mass is 341 g/mol. The van der Waals surface area contributed by atoms with Crippen molar-refractivity contribution in [2.75, 3.05) is 21.3 Å². The Morgan fingerprint density at radius 2 is 1.24 bits per heavy atom. The fraction of sp³-hybridized carbons (Fsp3) is 0.250. The first kappa shape index (κ1) is 18.4. The molecule has 5 nitrogen and oxygen atoms in total. The van der Waals surface area contributed by atoms with E-state index in [0.29, 0.717) is 18.8 Å². The average molecular weight is 341 g/mol. The molecule has 0 amide bonds. The minimum atomic E-state index is -0.443. The van der Waals surface area contributed by atoms with Crippen molar-refractivity contribution in [3.8, 4) is 11.5 Å². The second kappa shape index (κ2) is 8.78. The first-order valence-electron chi connectivity index (χ1n) is 7.85. The Kier molecular flexibility index (Phi) is 6.46. The summed E-state index contributed by atoms with van der Waals surface area (Å²) in [6.07, 6.45) is 0. The van der Waals surface area contributed by atoms with E-state index in [-0.39, 0.29) is 0 Å². The Balaban J connectivity index is 2.18. The number of ether oxygens (including phenoxy) is 3. The Labute approximate surface area is 148 Å². The average Bonchev–Trinajstić information content (AvgIpc) is 2.67. The van der Waals surface area contributed by atoms with Gasteiger partial charge in [-0.05, 0) is 35.4 Å². The molecule has 0 fully saturated rings. The van der Waals surface area contributed by atoms with Crippen LogP contribution in [0.15, 0.2) is 60.8 Å². The normalized spacial score (nSPS) is 10.0. The number of esters is 1. The van der Waals surface area contributed by atoms with E-state index < -0.39 is 5.97 Å². The van der Waals surface area contributed by atoms with Crippen molar-refractivity contribution >= 4 is 5.97 Å². The van der Waals surface area contributed by atoms with Crippen molar-refractivity contribution in [1.82, 2.24) is 4.90 Å². The summed E-state index contributed by atoms with van der Waals surface area (Å²) in [6.45, 7) is 4.95. The molecule has 2 aromatic rings. The van der Waals surface area contributed by atoms with Crippen LogP contribution in [0.2, 0.25) is 0 Å². The van der Waals surface area contributed by atoms with Crippen molar-refractivity contribution < 1.29 is 19.0 Å². The summed E-state index contributed by atoms with van der Waals surface area (Å²) in [5.41, 5.74) is 2.40. The lowest BCUT2D eigenvalue weighted by atomic mass is 10.1. The molecule has 0 saturated heterocycles. The maximum atomic E-state index is 11.9. The van der Waals surface area contributed by atoms with Crippen LogP contribution in [-0.2, 0) is 22.6 Å². The minimum Gasteiger partial charge on any atom is -0.497 e. The molecule has 132 valence electrons. The van der Waals surface area contributed by atoms with Crippen LogP contribution in [0.3, 0.4) is 0 Å². The van der Waals surface area contributed by atoms with Crippen molar-refractivity contribution in [3.63, 3.8) is 0 Å². The maximum absolute atomic E-state index is 11.9. The highest BCUT2D eigenvalue weighted by molar-refractivity contribution is 5.86. The van der Waals surface area contributed by atoms with Gasteiger partial charge in [-0.15, -0.1) is 0 Å². The molecule has 0 aliphatic rings. The van der Waals surface area contributed by atoms with Gasteiger partial charge in [0.15, 0.2) is 0 Å². The van der Waals surface area contributed by atoms with Gasteiger partial charge in [0.05, 0.1) is 21.3 Å². The maximum Gasteiger partial charge on any atom is 0.353 e. The molecule has 0 spiro atoms. The zero-order valence-electron chi connectivity index (χ0n) is 14.8. The summed E-state index contributed by atoms with van der Waals surface area (Å²) in [4.78, 5) is 13.8. The van der Waals surface area contributed by atoms with Crippen LogP contribution < -0.4 is 9.47 Å². The molecule has 0 aliphatic heterocycles. The Hall–Kier alpha value is -2.95. The number of methoxy groups -OCH3 is 3. The molecule has 25 heavy (non-hydrogen) atoms. The molecule has 0 heterocycles.